The highest BCUT2D eigenvalue weighted by Gasteiger charge is 2.24. The maximum absolute atomic E-state index is 12.9. The molecule has 0 aliphatic rings. The number of aromatic nitrogens is 4. The number of hydrogen-bond acceptors (Lipinski definition) is 4. The Balaban J connectivity index is 2.04. The molecule has 0 radical (unpaired) electrons. The summed E-state index contributed by atoms with van der Waals surface area (Å²) in [5.41, 5.74) is 0.580. The Kier molecular flexibility index (Phi) is 6.69. The average molecular weight is 399 g/mol. The summed E-state index contributed by atoms with van der Waals surface area (Å²) in [6.07, 6.45) is 5.74. The summed E-state index contributed by atoms with van der Waals surface area (Å²) in [4.78, 5) is 29.8. The largest absolute Gasteiger partial charge is 0.380 e. The summed E-state index contributed by atoms with van der Waals surface area (Å²) in [5, 5.41) is 11.0. The average Bonchev–Trinajstić information content (AvgIpc) is 3.13. The number of aliphatic hydroxyl groups excluding tert-OH is 1. The van der Waals surface area contributed by atoms with Gasteiger partial charge in [0.2, 0.25) is 0 Å². The monoisotopic (exact) mass is 398 g/mol. The second-order valence-electron chi connectivity index (χ2n) is 7.58. The van der Waals surface area contributed by atoms with E-state index in [0.29, 0.717) is 29.1 Å². The molecule has 1 atom stereocenters. The van der Waals surface area contributed by atoms with Crippen LogP contribution in [-0.2, 0) is 20.6 Å². The second kappa shape index (κ2) is 9.22. The molecule has 0 amide bonds. The third-order valence-corrected chi connectivity index (χ3v) is 5.47. The van der Waals surface area contributed by atoms with Crippen molar-refractivity contribution in [1.29, 1.82) is 0 Å². The van der Waals surface area contributed by atoms with E-state index >= 15 is 0 Å². The minimum Gasteiger partial charge on any atom is -0.380 e. The molecular weight excluding hydrogens is 368 g/mol. The number of nitrogens with zero attached hydrogens (tertiary/aromatic N) is 4. The van der Waals surface area contributed by atoms with Crippen LogP contribution in [0, 0.1) is 0 Å². The number of aryl methyl sites for hydroxylation is 2. The van der Waals surface area contributed by atoms with Gasteiger partial charge in [-0.05, 0) is 12.0 Å². The minimum absolute atomic E-state index is 0.314. The van der Waals surface area contributed by atoms with Crippen LogP contribution in [0.15, 0.2) is 39.9 Å². The Morgan fingerprint density at radius 1 is 0.966 bits per heavy atom. The van der Waals surface area contributed by atoms with Crippen molar-refractivity contribution in [1.82, 2.24) is 18.7 Å². The molecule has 0 spiro atoms. The molecule has 7 heteroatoms. The lowest BCUT2D eigenvalue weighted by Gasteiger charge is -2.14. The van der Waals surface area contributed by atoms with Gasteiger partial charge in [-0.1, -0.05) is 69.4 Å². The molecule has 0 saturated heterocycles. The lowest BCUT2D eigenvalue weighted by atomic mass is 10.1. The van der Waals surface area contributed by atoms with E-state index in [1.54, 1.807) is 11.6 Å². The van der Waals surface area contributed by atoms with Crippen LogP contribution in [0.5, 0.6) is 0 Å². The first-order valence-electron chi connectivity index (χ1n) is 10.4. The SMILES string of the molecule is CCCCCCCCn1c([C@@H](O)c2ccccc2)nc2c1c(=O)n(C)c(=O)n2C. The van der Waals surface area contributed by atoms with Gasteiger partial charge in [-0.3, -0.25) is 13.9 Å². The first-order valence-corrected chi connectivity index (χ1v) is 10.4. The van der Waals surface area contributed by atoms with Gasteiger partial charge in [-0.15, -0.1) is 0 Å². The summed E-state index contributed by atoms with van der Waals surface area (Å²) in [7, 11) is 3.07. The second-order valence-corrected chi connectivity index (χ2v) is 7.58. The zero-order valence-corrected chi connectivity index (χ0v) is 17.5. The van der Waals surface area contributed by atoms with Crippen molar-refractivity contribution in [3.63, 3.8) is 0 Å². The Morgan fingerprint density at radius 3 is 2.31 bits per heavy atom. The van der Waals surface area contributed by atoms with Crippen molar-refractivity contribution in [2.75, 3.05) is 0 Å². The topological polar surface area (TPSA) is 82.1 Å². The fraction of sp³-hybridized carbons (Fsp3) is 0.500. The quantitative estimate of drug-likeness (QED) is 0.562. The molecule has 2 heterocycles. The van der Waals surface area contributed by atoms with Crippen LogP contribution in [0.25, 0.3) is 11.2 Å². The van der Waals surface area contributed by atoms with Gasteiger partial charge in [0.25, 0.3) is 5.56 Å². The zero-order valence-electron chi connectivity index (χ0n) is 17.5. The fourth-order valence-corrected chi connectivity index (χ4v) is 3.73. The van der Waals surface area contributed by atoms with Crippen LogP contribution in [0.1, 0.15) is 62.9 Å². The van der Waals surface area contributed by atoms with E-state index in [0.717, 1.165) is 23.8 Å². The molecule has 2 aromatic heterocycles. The third-order valence-electron chi connectivity index (χ3n) is 5.47. The van der Waals surface area contributed by atoms with E-state index in [9.17, 15) is 14.7 Å². The van der Waals surface area contributed by atoms with Gasteiger partial charge in [0.15, 0.2) is 11.2 Å². The molecule has 3 aromatic rings. The van der Waals surface area contributed by atoms with E-state index in [1.165, 1.54) is 30.9 Å². The Labute approximate surface area is 170 Å². The number of unbranched alkanes of at least 4 members (excludes halogenated alkanes) is 5. The predicted octanol–water partition coefficient (Wildman–Crippen LogP) is 2.88. The van der Waals surface area contributed by atoms with Crippen LogP contribution < -0.4 is 11.2 Å². The highest BCUT2D eigenvalue weighted by molar-refractivity contribution is 5.71. The van der Waals surface area contributed by atoms with Gasteiger partial charge in [-0.25, -0.2) is 9.78 Å². The van der Waals surface area contributed by atoms with Crippen LogP contribution >= 0.6 is 0 Å². The predicted molar refractivity (Wildman–Crippen MR) is 114 cm³/mol. The lowest BCUT2D eigenvalue weighted by molar-refractivity contribution is 0.204. The number of fused-ring (bicyclic) bond motifs is 1. The maximum Gasteiger partial charge on any atom is 0.332 e. The standard InChI is InChI=1S/C22H30N4O3/c1-4-5-6-7-8-12-15-26-17-19(24(2)22(29)25(3)21(17)28)23-20(26)18(27)16-13-10-9-11-14-16/h9-11,13-14,18,27H,4-8,12,15H2,1-3H3/t18-/m0/s1. The number of benzene rings is 1. The van der Waals surface area contributed by atoms with E-state index in [-0.39, 0.29) is 5.56 Å². The summed E-state index contributed by atoms with van der Waals surface area (Å²) < 4.78 is 4.27. The van der Waals surface area contributed by atoms with Crippen LogP contribution in [0.4, 0.5) is 0 Å². The molecule has 1 N–H and O–H groups in total. The Bertz CT molecular complexity index is 1080. The van der Waals surface area contributed by atoms with Crippen molar-refractivity contribution < 1.29 is 5.11 Å². The number of hydrogen-bond donors (Lipinski definition) is 1. The molecule has 0 unspecified atom stereocenters. The molecule has 0 saturated carbocycles. The summed E-state index contributed by atoms with van der Waals surface area (Å²) in [6.45, 7) is 2.77. The lowest BCUT2D eigenvalue weighted by Crippen LogP contribution is -2.37. The zero-order chi connectivity index (χ0) is 21.0. The van der Waals surface area contributed by atoms with Crippen molar-refractivity contribution in [2.45, 2.75) is 58.1 Å². The van der Waals surface area contributed by atoms with Crippen molar-refractivity contribution in [3.05, 3.63) is 62.6 Å². The van der Waals surface area contributed by atoms with Crippen LogP contribution in [0.2, 0.25) is 0 Å². The van der Waals surface area contributed by atoms with Crippen LogP contribution in [-0.4, -0.2) is 23.8 Å². The molecule has 156 valence electrons. The Morgan fingerprint density at radius 2 is 1.62 bits per heavy atom. The number of rotatable bonds is 9. The molecule has 1 aromatic carbocycles. The van der Waals surface area contributed by atoms with E-state index < -0.39 is 11.8 Å². The molecule has 3 rings (SSSR count). The fourth-order valence-electron chi connectivity index (χ4n) is 3.73. The van der Waals surface area contributed by atoms with Crippen molar-refractivity contribution in [3.8, 4) is 0 Å². The molecule has 29 heavy (non-hydrogen) atoms. The van der Waals surface area contributed by atoms with Gasteiger partial charge in [0.05, 0.1) is 0 Å². The molecule has 0 aliphatic carbocycles. The van der Waals surface area contributed by atoms with E-state index in [2.05, 4.69) is 11.9 Å². The van der Waals surface area contributed by atoms with Gasteiger partial charge < -0.3 is 9.67 Å². The summed E-state index contributed by atoms with van der Waals surface area (Å²) in [6, 6.07) is 9.25. The van der Waals surface area contributed by atoms with Gasteiger partial charge in [0.1, 0.15) is 11.9 Å². The molecular formula is C22H30N4O3. The first kappa shape index (κ1) is 21.0. The first-order chi connectivity index (χ1) is 14.0. The summed E-state index contributed by atoms with van der Waals surface area (Å²) in [5.74, 6) is 0.401. The van der Waals surface area contributed by atoms with E-state index in [1.807, 2.05) is 30.3 Å². The van der Waals surface area contributed by atoms with Crippen molar-refractivity contribution in [2.24, 2.45) is 14.1 Å². The minimum atomic E-state index is -0.969. The highest BCUT2D eigenvalue weighted by Crippen LogP contribution is 2.24. The smallest absolute Gasteiger partial charge is 0.332 e. The molecule has 7 nitrogen and oxygen atoms in total. The normalized spacial score (nSPS) is 12.6. The van der Waals surface area contributed by atoms with Crippen LogP contribution in [0.3, 0.4) is 0 Å². The maximum atomic E-state index is 12.9. The van der Waals surface area contributed by atoms with E-state index in [4.69, 9.17) is 0 Å². The molecule has 0 bridgehead atoms. The van der Waals surface area contributed by atoms with Gasteiger partial charge >= 0.3 is 5.69 Å². The summed E-state index contributed by atoms with van der Waals surface area (Å²) >= 11 is 0. The number of aliphatic hydroxyl groups is 1. The number of imidazole rings is 1. The Hall–Kier alpha value is -2.67. The van der Waals surface area contributed by atoms with Gasteiger partial charge in [0, 0.05) is 20.6 Å². The molecule has 0 aliphatic heterocycles. The third kappa shape index (κ3) is 4.19. The van der Waals surface area contributed by atoms with Crippen molar-refractivity contribution >= 4 is 11.2 Å². The van der Waals surface area contributed by atoms with Gasteiger partial charge in [-0.2, -0.15) is 0 Å². The molecule has 0 fully saturated rings. The highest BCUT2D eigenvalue weighted by atomic mass is 16.3.